The SMILES string of the molecule is NC(=O)CN1CCC[C@@H](N)C1. The molecule has 4 N–H and O–H groups in total. The van der Waals surface area contributed by atoms with Crippen molar-refractivity contribution in [1.29, 1.82) is 0 Å². The summed E-state index contributed by atoms with van der Waals surface area (Å²) in [6.45, 7) is 2.12. The van der Waals surface area contributed by atoms with Gasteiger partial charge >= 0.3 is 0 Å². The van der Waals surface area contributed by atoms with Crippen molar-refractivity contribution in [2.24, 2.45) is 11.5 Å². The Bertz CT molecular complexity index is 149. The highest BCUT2D eigenvalue weighted by molar-refractivity contribution is 5.75. The first kappa shape index (κ1) is 8.49. The van der Waals surface area contributed by atoms with Gasteiger partial charge in [0.25, 0.3) is 0 Å². The Morgan fingerprint density at radius 2 is 2.36 bits per heavy atom. The predicted molar refractivity (Wildman–Crippen MR) is 42.8 cm³/mol. The summed E-state index contributed by atoms with van der Waals surface area (Å²) < 4.78 is 0. The van der Waals surface area contributed by atoms with E-state index in [1.165, 1.54) is 0 Å². The molecule has 0 aromatic rings. The van der Waals surface area contributed by atoms with Crippen LogP contribution < -0.4 is 11.5 Å². The smallest absolute Gasteiger partial charge is 0.231 e. The standard InChI is InChI=1S/C7H15N3O/c8-6-2-1-3-10(4-6)5-7(9)11/h6H,1-5,8H2,(H2,9,11)/t6-/m1/s1. The van der Waals surface area contributed by atoms with Gasteiger partial charge in [0.05, 0.1) is 6.54 Å². The average Bonchev–Trinajstić information content (AvgIpc) is 1.85. The Balaban J connectivity index is 2.28. The fraction of sp³-hybridized carbons (Fsp3) is 0.857. The molecule has 1 fully saturated rings. The molecule has 0 spiro atoms. The van der Waals surface area contributed by atoms with Crippen LogP contribution in [0.3, 0.4) is 0 Å². The van der Waals surface area contributed by atoms with Crippen LogP contribution in [0, 0.1) is 0 Å². The first-order valence-electron chi connectivity index (χ1n) is 3.94. The van der Waals surface area contributed by atoms with Gasteiger partial charge in [-0.2, -0.15) is 0 Å². The molecule has 0 saturated carbocycles. The van der Waals surface area contributed by atoms with Crippen LogP contribution in [0.4, 0.5) is 0 Å². The van der Waals surface area contributed by atoms with Crippen LogP contribution in [0.2, 0.25) is 0 Å². The third kappa shape index (κ3) is 2.86. The summed E-state index contributed by atoms with van der Waals surface area (Å²) in [4.78, 5) is 12.5. The normalized spacial score (nSPS) is 26.8. The summed E-state index contributed by atoms with van der Waals surface area (Å²) in [7, 11) is 0. The van der Waals surface area contributed by atoms with Crippen molar-refractivity contribution in [2.75, 3.05) is 19.6 Å². The molecular weight excluding hydrogens is 142 g/mol. The zero-order chi connectivity index (χ0) is 8.27. The first-order valence-corrected chi connectivity index (χ1v) is 3.94. The van der Waals surface area contributed by atoms with Gasteiger partial charge in [0.2, 0.25) is 5.91 Å². The molecule has 1 atom stereocenters. The molecule has 0 aromatic carbocycles. The predicted octanol–water partition coefficient (Wildman–Crippen LogP) is -1.11. The Kier molecular flexibility index (Phi) is 2.84. The molecule has 64 valence electrons. The van der Waals surface area contributed by atoms with E-state index >= 15 is 0 Å². The molecule has 0 aromatic heterocycles. The second-order valence-corrected chi connectivity index (χ2v) is 3.10. The van der Waals surface area contributed by atoms with Gasteiger partial charge in [-0.1, -0.05) is 0 Å². The Hall–Kier alpha value is -0.610. The van der Waals surface area contributed by atoms with Gasteiger partial charge < -0.3 is 11.5 Å². The minimum atomic E-state index is -0.265. The maximum Gasteiger partial charge on any atom is 0.231 e. The maximum atomic E-state index is 10.5. The van der Waals surface area contributed by atoms with Crippen LogP contribution in [0.1, 0.15) is 12.8 Å². The highest BCUT2D eigenvalue weighted by atomic mass is 16.1. The number of rotatable bonds is 2. The molecule has 11 heavy (non-hydrogen) atoms. The lowest BCUT2D eigenvalue weighted by Gasteiger charge is -2.29. The highest BCUT2D eigenvalue weighted by Gasteiger charge is 2.17. The number of nitrogens with zero attached hydrogens (tertiary/aromatic N) is 1. The van der Waals surface area contributed by atoms with Crippen LogP contribution in [-0.4, -0.2) is 36.5 Å². The van der Waals surface area contributed by atoms with Crippen molar-refractivity contribution in [1.82, 2.24) is 4.90 Å². The Morgan fingerprint density at radius 3 is 2.91 bits per heavy atom. The van der Waals surface area contributed by atoms with Gasteiger partial charge in [-0.15, -0.1) is 0 Å². The number of amides is 1. The average molecular weight is 157 g/mol. The van der Waals surface area contributed by atoms with Gasteiger partial charge in [0.1, 0.15) is 0 Å². The summed E-state index contributed by atoms with van der Waals surface area (Å²) in [5.41, 5.74) is 10.8. The van der Waals surface area contributed by atoms with Gasteiger partial charge in [-0.3, -0.25) is 9.69 Å². The van der Waals surface area contributed by atoms with E-state index in [1.54, 1.807) is 0 Å². The molecule has 1 aliphatic rings. The molecule has 1 saturated heterocycles. The van der Waals surface area contributed by atoms with E-state index in [0.29, 0.717) is 6.54 Å². The summed E-state index contributed by atoms with van der Waals surface area (Å²) in [5, 5.41) is 0. The molecule has 1 amide bonds. The third-order valence-corrected chi connectivity index (χ3v) is 1.92. The second-order valence-electron chi connectivity index (χ2n) is 3.10. The zero-order valence-electron chi connectivity index (χ0n) is 6.62. The minimum Gasteiger partial charge on any atom is -0.369 e. The highest BCUT2D eigenvalue weighted by Crippen LogP contribution is 2.06. The van der Waals surface area contributed by atoms with Crippen LogP contribution in [-0.2, 0) is 4.79 Å². The lowest BCUT2D eigenvalue weighted by atomic mass is 10.1. The summed E-state index contributed by atoms with van der Waals surface area (Å²) in [6.07, 6.45) is 2.14. The lowest BCUT2D eigenvalue weighted by Crippen LogP contribution is -2.45. The van der Waals surface area contributed by atoms with Crippen LogP contribution in [0.15, 0.2) is 0 Å². The monoisotopic (exact) mass is 157 g/mol. The number of carbonyl (C=O) groups excluding carboxylic acids is 1. The van der Waals surface area contributed by atoms with Crippen molar-refractivity contribution in [3.8, 4) is 0 Å². The third-order valence-electron chi connectivity index (χ3n) is 1.92. The van der Waals surface area contributed by atoms with Crippen molar-refractivity contribution in [2.45, 2.75) is 18.9 Å². The number of carbonyl (C=O) groups is 1. The number of hydrogen-bond acceptors (Lipinski definition) is 3. The molecule has 4 nitrogen and oxygen atoms in total. The van der Waals surface area contributed by atoms with E-state index in [-0.39, 0.29) is 11.9 Å². The van der Waals surface area contributed by atoms with E-state index < -0.39 is 0 Å². The molecule has 1 rings (SSSR count). The van der Waals surface area contributed by atoms with Crippen LogP contribution in [0.5, 0.6) is 0 Å². The molecule has 0 radical (unpaired) electrons. The quantitative estimate of drug-likeness (QED) is 0.534. The van der Waals surface area contributed by atoms with Crippen molar-refractivity contribution >= 4 is 5.91 Å². The molecule has 1 aliphatic heterocycles. The van der Waals surface area contributed by atoms with Gasteiger partial charge in [-0.05, 0) is 19.4 Å². The van der Waals surface area contributed by atoms with Crippen molar-refractivity contribution < 1.29 is 4.79 Å². The van der Waals surface area contributed by atoms with E-state index in [9.17, 15) is 4.79 Å². The van der Waals surface area contributed by atoms with E-state index in [4.69, 9.17) is 11.5 Å². The number of piperidine rings is 1. The number of primary amides is 1. The summed E-state index contributed by atoms with van der Waals surface area (Å²) >= 11 is 0. The van der Waals surface area contributed by atoms with Gasteiger partial charge in [0.15, 0.2) is 0 Å². The zero-order valence-corrected chi connectivity index (χ0v) is 6.62. The van der Waals surface area contributed by atoms with Crippen LogP contribution >= 0.6 is 0 Å². The molecular formula is C7H15N3O. The van der Waals surface area contributed by atoms with Crippen molar-refractivity contribution in [3.05, 3.63) is 0 Å². The van der Waals surface area contributed by atoms with Gasteiger partial charge in [0, 0.05) is 12.6 Å². The minimum absolute atomic E-state index is 0.225. The van der Waals surface area contributed by atoms with E-state index in [0.717, 1.165) is 25.9 Å². The number of nitrogens with two attached hydrogens (primary N) is 2. The maximum absolute atomic E-state index is 10.5. The molecule has 1 heterocycles. The fourth-order valence-corrected chi connectivity index (χ4v) is 1.46. The molecule has 0 aliphatic carbocycles. The van der Waals surface area contributed by atoms with Crippen molar-refractivity contribution in [3.63, 3.8) is 0 Å². The van der Waals surface area contributed by atoms with E-state index in [2.05, 4.69) is 0 Å². The lowest BCUT2D eigenvalue weighted by molar-refractivity contribution is -0.119. The Morgan fingerprint density at radius 1 is 1.64 bits per heavy atom. The van der Waals surface area contributed by atoms with Crippen LogP contribution in [0.25, 0.3) is 0 Å². The topological polar surface area (TPSA) is 72.4 Å². The summed E-state index contributed by atoms with van der Waals surface area (Å²) in [6, 6.07) is 0.225. The van der Waals surface area contributed by atoms with E-state index in [1.807, 2.05) is 4.90 Å². The largest absolute Gasteiger partial charge is 0.369 e. The van der Waals surface area contributed by atoms with Gasteiger partial charge in [-0.25, -0.2) is 0 Å². The number of hydrogen-bond donors (Lipinski definition) is 2. The first-order chi connectivity index (χ1) is 5.18. The molecule has 0 unspecified atom stereocenters. The second kappa shape index (κ2) is 3.69. The Labute approximate surface area is 66.5 Å². The molecule has 0 bridgehead atoms. The number of likely N-dealkylation sites (tertiary alicyclic amines) is 1. The molecule has 4 heteroatoms. The summed E-state index contributed by atoms with van der Waals surface area (Å²) in [5.74, 6) is -0.265. The fourth-order valence-electron chi connectivity index (χ4n) is 1.46.